The third-order valence-electron chi connectivity index (χ3n) is 2.57. The standard InChI is InChI=1S/C13H9ClN2/c14-13-12-10(6-7-15-12)8-11(16-13)9-4-2-1-3-5-9/h1-8,15H. The molecular weight excluding hydrogens is 220 g/mol. The minimum atomic E-state index is 0.515. The van der Waals surface area contributed by atoms with E-state index in [1.807, 2.05) is 48.7 Å². The summed E-state index contributed by atoms with van der Waals surface area (Å²) in [6.45, 7) is 0. The van der Waals surface area contributed by atoms with E-state index in [9.17, 15) is 0 Å². The fourth-order valence-electron chi connectivity index (χ4n) is 1.78. The Morgan fingerprint density at radius 3 is 2.69 bits per heavy atom. The van der Waals surface area contributed by atoms with E-state index in [0.29, 0.717) is 5.15 Å². The van der Waals surface area contributed by atoms with Gasteiger partial charge in [0, 0.05) is 17.1 Å². The molecule has 0 bridgehead atoms. The highest BCUT2D eigenvalue weighted by molar-refractivity contribution is 6.34. The van der Waals surface area contributed by atoms with Crippen molar-refractivity contribution < 1.29 is 0 Å². The molecule has 16 heavy (non-hydrogen) atoms. The lowest BCUT2D eigenvalue weighted by Crippen LogP contribution is -1.85. The van der Waals surface area contributed by atoms with Gasteiger partial charge in [-0.1, -0.05) is 41.9 Å². The van der Waals surface area contributed by atoms with Crippen LogP contribution in [0.3, 0.4) is 0 Å². The number of hydrogen-bond donors (Lipinski definition) is 1. The predicted molar refractivity (Wildman–Crippen MR) is 66.5 cm³/mol. The molecule has 2 nitrogen and oxygen atoms in total. The Hall–Kier alpha value is -1.80. The number of hydrogen-bond acceptors (Lipinski definition) is 1. The zero-order valence-electron chi connectivity index (χ0n) is 8.44. The first-order chi connectivity index (χ1) is 7.84. The molecule has 3 rings (SSSR count). The first kappa shape index (κ1) is 9.43. The van der Waals surface area contributed by atoms with Crippen molar-refractivity contribution in [3.05, 3.63) is 53.8 Å². The van der Waals surface area contributed by atoms with Crippen molar-refractivity contribution >= 4 is 22.5 Å². The molecule has 0 spiro atoms. The van der Waals surface area contributed by atoms with Crippen molar-refractivity contribution in [3.63, 3.8) is 0 Å². The molecule has 2 aromatic heterocycles. The summed E-state index contributed by atoms with van der Waals surface area (Å²) in [5, 5.41) is 1.60. The Kier molecular flexibility index (Phi) is 2.15. The van der Waals surface area contributed by atoms with Crippen molar-refractivity contribution in [2.75, 3.05) is 0 Å². The second-order valence-electron chi connectivity index (χ2n) is 3.61. The minimum absolute atomic E-state index is 0.515. The van der Waals surface area contributed by atoms with Crippen molar-refractivity contribution in [2.45, 2.75) is 0 Å². The average molecular weight is 229 g/mol. The molecular formula is C13H9ClN2. The minimum Gasteiger partial charge on any atom is -0.359 e. The second-order valence-corrected chi connectivity index (χ2v) is 3.96. The van der Waals surface area contributed by atoms with Crippen LogP contribution in [0, 0.1) is 0 Å². The molecule has 2 heterocycles. The van der Waals surface area contributed by atoms with Crippen LogP contribution in [0.5, 0.6) is 0 Å². The van der Waals surface area contributed by atoms with Gasteiger partial charge < -0.3 is 4.98 Å². The summed E-state index contributed by atoms with van der Waals surface area (Å²) in [6, 6.07) is 14.1. The highest BCUT2D eigenvalue weighted by atomic mass is 35.5. The summed E-state index contributed by atoms with van der Waals surface area (Å²) in [7, 11) is 0. The second kappa shape index (κ2) is 3.65. The SMILES string of the molecule is Clc1nc(-c2ccccc2)cc2cc[nH]c12. The highest BCUT2D eigenvalue weighted by Crippen LogP contribution is 2.26. The van der Waals surface area contributed by atoms with Crippen LogP contribution in [0.1, 0.15) is 0 Å². The third kappa shape index (κ3) is 1.48. The van der Waals surface area contributed by atoms with E-state index in [1.54, 1.807) is 0 Å². The summed E-state index contributed by atoms with van der Waals surface area (Å²) in [5.74, 6) is 0. The number of pyridine rings is 1. The lowest BCUT2D eigenvalue weighted by molar-refractivity contribution is 1.33. The van der Waals surface area contributed by atoms with E-state index in [0.717, 1.165) is 22.2 Å². The molecule has 0 aliphatic carbocycles. The van der Waals surface area contributed by atoms with E-state index in [4.69, 9.17) is 11.6 Å². The molecule has 0 fully saturated rings. The van der Waals surface area contributed by atoms with E-state index in [2.05, 4.69) is 9.97 Å². The molecule has 78 valence electrons. The molecule has 0 saturated heterocycles. The van der Waals surface area contributed by atoms with Crippen LogP contribution in [0.15, 0.2) is 48.7 Å². The van der Waals surface area contributed by atoms with Crippen LogP contribution in [0.2, 0.25) is 5.15 Å². The normalized spacial score (nSPS) is 10.8. The van der Waals surface area contributed by atoms with Gasteiger partial charge in [0.05, 0.1) is 11.2 Å². The molecule has 0 atom stereocenters. The largest absolute Gasteiger partial charge is 0.359 e. The van der Waals surface area contributed by atoms with Gasteiger partial charge >= 0.3 is 0 Å². The monoisotopic (exact) mass is 228 g/mol. The van der Waals surface area contributed by atoms with E-state index in [-0.39, 0.29) is 0 Å². The number of nitrogens with one attached hydrogen (secondary N) is 1. The maximum atomic E-state index is 6.11. The molecule has 1 aromatic carbocycles. The Labute approximate surface area is 97.9 Å². The van der Waals surface area contributed by atoms with Gasteiger partial charge in [0.2, 0.25) is 0 Å². The smallest absolute Gasteiger partial charge is 0.153 e. The van der Waals surface area contributed by atoms with Gasteiger partial charge in [-0.25, -0.2) is 4.98 Å². The fraction of sp³-hybridized carbons (Fsp3) is 0. The maximum absolute atomic E-state index is 6.11. The lowest BCUT2D eigenvalue weighted by atomic mass is 10.1. The number of fused-ring (bicyclic) bond motifs is 1. The van der Waals surface area contributed by atoms with Gasteiger partial charge in [-0.2, -0.15) is 0 Å². The number of aromatic amines is 1. The molecule has 0 amide bonds. The van der Waals surface area contributed by atoms with E-state index in [1.165, 1.54) is 0 Å². The first-order valence-electron chi connectivity index (χ1n) is 5.03. The van der Waals surface area contributed by atoms with E-state index < -0.39 is 0 Å². The molecule has 0 unspecified atom stereocenters. The Morgan fingerprint density at radius 2 is 1.88 bits per heavy atom. The highest BCUT2D eigenvalue weighted by Gasteiger charge is 2.06. The van der Waals surface area contributed by atoms with Crippen molar-refractivity contribution in [1.29, 1.82) is 0 Å². The number of H-pyrrole nitrogens is 1. The van der Waals surface area contributed by atoms with Gasteiger partial charge in [-0.15, -0.1) is 0 Å². The number of nitrogens with zero attached hydrogens (tertiary/aromatic N) is 1. The zero-order valence-corrected chi connectivity index (χ0v) is 9.20. The summed E-state index contributed by atoms with van der Waals surface area (Å²) >= 11 is 6.11. The van der Waals surface area contributed by atoms with Gasteiger partial charge in [0.1, 0.15) is 0 Å². The number of rotatable bonds is 1. The molecule has 0 aliphatic heterocycles. The van der Waals surface area contributed by atoms with E-state index >= 15 is 0 Å². The predicted octanol–water partition coefficient (Wildman–Crippen LogP) is 3.88. The van der Waals surface area contributed by atoms with Crippen LogP contribution in [-0.4, -0.2) is 9.97 Å². The van der Waals surface area contributed by atoms with Gasteiger partial charge in [0.15, 0.2) is 5.15 Å². The van der Waals surface area contributed by atoms with Crippen molar-refractivity contribution in [3.8, 4) is 11.3 Å². The molecule has 3 heteroatoms. The summed E-state index contributed by atoms with van der Waals surface area (Å²) < 4.78 is 0. The Bertz CT molecular complexity index is 629. The van der Waals surface area contributed by atoms with Crippen LogP contribution in [-0.2, 0) is 0 Å². The average Bonchev–Trinajstić information content (AvgIpc) is 2.79. The Morgan fingerprint density at radius 1 is 1.06 bits per heavy atom. The molecule has 0 aliphatic rings. The van der Waals surface area contributed by atoms with Gasteiger partial charge in [0.25, 0.3) is 0 Å². The van der Waals surface area contributed by atoms with Crippen LogP contribution < -0.4 is 0 Å². The summed E-state index contributed by atoms with van der Waals surface area (Å²) in [5.41, 5.74) is 2.87. The molecule has 1 N–H and O–H groups in total. The molecule has 0 saturated carbocycles. The van der Waals surface area contributed by atoms with Gasteiger partial charge in [-0.3, -0.25) is 0 Å². The molecule has 0 radical (unpaired) electrons. The van der Waals surface area contributed by atoms with Crippen molar-refractivity contribution in [2.24, 2.45) is 0 Å². The number of halogens is 1. The number of benzene rings is 1. The molecule has 3 aromatic rings. The zero-order chi connectivity index (χ0) is 11.0. The summed E-state index contributed by atoms with van der Waals surface area (Å²) in [4.78, 5) is 7.45. The van der Waals surface area contributed by atoms with Crippen molar-refractivity contribution in [1.82, 2.24) is 9.97 Å². The van der Waals surface area contributed by atoms with Crippen LogP contribution in [0.25, 0.3) is 22.2 Å². The number of aromatic nitrogens is 2. The fourth-order valence-corrected chi connectivity index (χ4v) is 2.03. The lowest BCUT2D eigenvalue weighted by Gasteiger charge is -2.02. The summed E-state index contributed by atoms with van der Waals surface area (Å²) in [6.07, 6.45) is 1.87. The van der Waals surface area contributed by atoms with Gasteiger partial charge in [-0.05, 0) is 12.1 Å². The van der Waals surface area contributed by atoms with Crippen LogP contribution >= 0.6 is 11.6 Å². The quantitative estimate of drug-likeness (QED) is 0.629. The topological polar surface area (TPSA) is 28.7 Å². The maximum Gasteiger partial charge on any atom is 0.153 e. The first-order valence-corrected chi connectivity index (χ1v) is 5.41. The third-order valence-corrected chi connectivity index (χ3v) is 2.84. The Balaban J connectivity index is 2.25. The van der Waals surface area contributed by atoms with Crippen LogP contribution in [0.4, 0.5) is 0 Å².